The van der Waals surface area contributed by atoms with Crippen molar-refractivity contribution in [3.05, 3.63) is 72.1 Å². The van der Waals surface area contributed by atoms with E-state index < -0.39 is 7.12 Å². The van der Waals surface area contributed by atoms with Crippen molar-refractivity contribution in [1.29, 1.82) is 0 Å². The number of rotatable bonds is 11. The Kier molecular flexibility index (Phi) is 8.29. The van der Waals surface area contributed by atoms with Gasteiger partial charge >= 0.3 is 7.12 Å². The molecule has 0 fully saturated rings. The monoisotopic (exact) mass is 380 g/mol. The molecule has 0 amide bonds. The molecule has 1 heterocycles. The second-order valence-corrected chi connectivity index (χ2v) is 7.02. The van der Waals surface area contributed by atoms with Crippen molar-refractivity contribution >= 4 is 24.1 Å². The van der Waals surface area contributed by atoms with E-state index in [0.717, 1.165) is 24.8 Å². The van der Waals surface area contributed by atoms with Crippen molar-refractivity contribution in [3.63, 3.8) is 0 Å². The number of allylic oxidation sites excluding steroid dienone is 1. The van der Waals surface area contributed by atoms with Crippen molar-refractivity contribution in [2.75, 3.05) is 0 Å². The first kappa shape index (κ1) is 21.7. The number of pyridine rings is 1. The molecule has 0 aliphatic rings. The smallest absolute Gasteiger partial charge is 0.423 e. The summed E-state index contributed by atoms with van der Waals surface area (Å²) in [7, 11) is -1.51. The minimum absolute atomic E-state index is 0.0876. The molecule has 2 rings (SSSR count). The Morgan fingerprint density at radius 3 is 2.29 bits per heavy atom. The number of benzene rings is 1. The number of ketones is 2. The Balaban J connectivity index is 1.84. The molecule has 0 saturated carbocycles. The van der Waals surface area contributed by atoms with Gasteiger partial charge < -0.3 is 10.0 Å². The van der Waals surface area contributed by atoms with Crippen LogP contribution in [0.3, 0.4) is 0 Å². The fraction of sp³-hybridized carbons (Fsp3) is 0.318. The van der Waals surface area contributed by atoms with E-state index in [4.69, 9.17) is 0 Å². The summed E-state index contributed by atoms with van der Waals surface area (Å²) in [6.07, 6.45) is 6.99. The van der Waals surface area contributed by atoms with Crippen LogP contribution in [0.5, 0.6) is 0 Å². The van der Waals surface area contributed by atoms with Crippen LogP contribution in [0.4, 0.5) is 0 Å². The molecule has 146 valence electrons. The topological polar surface area (TPSA) is 78.5 Å². The average molecular weight is 380 g/mol. The first-order chi connectivity index (χ1) is 13.4. The number of hydrogen-bond acceptors (Lipinski definition) is 4. The van der Waals surface area contributed by atoms with Crippen LogP contribution in [0.1, 0.15) is 54.9 Å². The molecule has 2 N–H and O–H groups in total. The predicted molar refractivity (Wildman–Crippen MR) is 109 cm³/mol. The molecule has 0 aliphatic heterocycles. The second kappa shape index (κ2) is 10.7. The second-order valence-electron chi connectivity index (χ2n) is 7.02. The van der Waals surface area contributed by atoms with Crippen LogP contribution in [-0.4, -0.2) is 28.7 Å². The first-order valence-corrected chi connectivity index (χ1v) is 9.53. The quantitative estimate of drug-likeness (QED) is 0.205. The zero-order valence-corrected chi connectivity index (χ0v) is 16.3. The van der Waals surface area contributed by atoms with Gasteiger partial charge in [0.2, 0.25) is 0 Å². The van der Waals surface area contributed by atoms with Gasteiger partial charge in [0.05, 0.1) is 0 Å². The summed E-state index contributed by atoms with van der Waals surface area (Å²) >= 11 is 0. The van der Waals surface area contributed by atoms with Crippen molar-refractivity contribution in [3.8, 4) is 0 Å². The van der Waals surface area contributed by atoms with E-state index in [9.17, 15) is 19.6 Å². The lowest BCUT2D eigenvalue weighted by Gasteiger charge is -2.06. The first-order valence-electron chi connectivity index (χ1n) is 9.53. The third-order valence-corrected chi connectivity index (χ3v) is 4.68. The molecule has 5 nitrogen and oxygen atoms in total. The molecule has 28 heavy (non-hydrogen) atoms. The zero-order valence-electron chi connectivity index (χ0n) is 16.3. The molecule has 0 atom stereocenters. The van der Waals surface area contributed by atoms with Crippen LogP contribution in [0, 0.1) is 0 Å². The van der Waals surface area contributed by atoms with Crippen molar-refractivity contribution in [1.82, 2.24) is 0 Å². The summed E-state index contributed by atoms with van der Waals surface area (Å²) in [5.41, 5.74) is 2.53. The van der Waals surface area contributed by atoms with E-state index in [1.165, 1.54) is 0 Å². The molecular weight excluding hydrogens is 353 g/mol. The Labute approximate surface area is 166 Å². The fourth-order valence-electron chi connectivity index (χ4n) is 2.98. The number of carbonyl (C=O) groups is 2. The summed E-state index contributed by atoms with van der Waals surface area (Å²) in [5, 5.41) is 18.9. The minimum Gasteiger partial charge on any atom is -0.423 e. The molecule has 0 aliphatic carbocycles. The van der Waals surface area contributed by atoms with E-state index in [0.29, 0.717) is 36.0 Å². The van der Waals surface area contributed by atoms with Gasteiger partial charge in [0.25, 0.3) is 0 Å². The maximum absolute atomic E-state index is 12.3. The van der Waals surface area contributed by atoms with Gasteiger partial charge in [-0.05, 0) is 30.8 Å². The van der Waals surface area contributed by atoms with E-state index >= 15 is 0 Å². The van der Waals surface area contributed by atoms with Crippen LogP contribution >= 0.6 is 0 Å². The number of carbonyl (C=O) groups excluding carboxylic acids is 2. The maximum atomic E-state index is 12.3. The lowest BCUT2D eigenvalue weighted by atomic mass is 9.77. The van der Waals surface area contributed by atoms with Gasteiger partial charge in [-0.3, -0.25) is 9.59 Å². The molecule has 0 saturated heterocycles. The van der Waals surface area contributed by atoms with Crippen LogP contribution in [0.25, 0.3) is 0 Å². The summed E-state index contributed by atoms with van der Waals surface area (Å²) in [6.45, 7) is 5.84. The number of nitrogens with zero attached hydrogens (tertiary/aromatic N) is 1. The highest BCUT2D eigenvalue weighted by atomic mass is 16.4. The van der Waals surface area contributed by atoms with E-state index in [1.807, 2.05) is 29.1 Å². The Bertz CT molecular complexity index is 831. The fourth-order valence-corrected chi connectivity index (χ4v) is 2.98. The van der Waals surface area contributed by atoms with Gasteiger partial charge in [-0.1, -0.05) is 37.3 Å². The van der Waals surface area contributed by atoms with Crippen molar-refractivity contribution < 1.29 is 24.2 Å². The van der Waals surface area contributed by atoms with Gasteiger partial charge in [0.15, 0.2) is 30.5 Å². The van der Waals surface area contributed by atoms with Crippen LogP contribution < -0.4 is 10.0 Å². The van der Waals surface area contributed by atoms with Gasteiger partial charge in [-0.15, -0.1) is 0 Å². The number of Topliss-reactive ketones (excluding diaryl/α,β-unsaturated/α-hetero) is 2. The number of aromatic nitrogens is 1. The van der Waals surface area contributed by atoms with E-state index in [1.54, 1.807) is 31.2 Å². The third-order valence-electron chi connectivity index (χ3n) is 4.68. The van der Waals surface area contributed by atoms with Crippen LogP contribution in [0.15, 0.2) is 60.9 Å². The van der Waals surface area contributed by atoms with Gasteiger partial charge in [0, 0.05) is 36.1 Å². The Hall–Kier alpha value is -2.57. The van der Waals surface area contributed by atoms with Gasteiger partial charge in [0.1, 0.15) is 0 Å². The van der Waals surface area contributed by atoms with Crippen LogP contribution in [-0.2, 0) is 11.3 Å². The van der Waals surface area contributed by atoms with Gasteiger partial charge in [-0.2, -0.15) is 0 Å². The average Bonchev–Trinajstić information content (AvgIpc) is 2.68. The molecule has 0 unspecified atom stereocenters. The largest absolute Gasteiger partial charge is 0.488 e. The van der Waals surface area contributed by atoms with Gasteiger partial charge in [-0.25, -0.2) is 4.57 Å². The van der Waals surface area contributed by atoms with E-state index in [2.05, 4.69) is 6.58 Å². The predicted octanol–water partition coefficient (Wildman–Crippen LogP) is 1.98. The molecule has 6 heteroatoms. The highest BCUT2D eigenvalue weighted by Crippen LogP contribution is 2.10. The Morgan fingerprint density at radius 2 is 1.64 bits per heavy atom. The van der Waals surface area contributed by atoms with Crippen LogP contribution in [0.2, 0.25) is 0 Å². The molecule has 0 spiro atoms. The molecule has 2 aromatic rings. The van der Waals surface area contributed by atoms with Crippen molar-refractivity contribution in [2.24, 2.45) is 0 Å². The standard InChI is InChI=1S/C22H27BNO4/c1-17(2)21(25)10-4-3-5-11-22(26)18-12-14-24(15-13-18)16-19-8-6-7-9-20(19)23(27)28/h6-9,12-15,27-28H,1,3-5,10-11,16H2,2H3/q+1. The lowest BCUT2D eigenvalue weighted by Crippen LogP contribution is -2.40. The summed E-state index contributed by atoms with van der Waals surface area (Å²) in [5.74, 6) is 0.179. The van der Waals surface area contributed by atoms with Crippen molar-refractivity contribution in [2.45, 2.75) is 45.6 Å². The Morgan fingerprint density at radius 1 is 1.00 bits per heavy atom. The molecule has 1 aromatic heterocycles. The normalized spacial score (nSPS) is 10.5. The number of hydrogen-bond donors (Lipinski definition) is 2. The molecule has 1 aromatic carbocycles. The SMILES string of the molecule is C=C(C)C(=O)CCCCCC(=O)c1cc[n+](Cc2ccccc2B(O)O)cc1. The number of unbranched alkanes of at least 4 members (excludes halogenated alkanes) is 2. The summed E-state index contributed by atoms with van der Waals surface area (Å²) in [6, 6.07) is 10.7. The third kappa shape index (κ3) is 6.55. The highest BCUT2D eigenvalue weighted by Gasteiger charge is 2.18. The summed E-state index contributed by atoms with van der Waals surface area (Å²) < 4.78 is 1.89. The summed E-state index contributed by atoms with van der Waals surface area (Å²) in [4.78, 5) is 23.8. The maximum Gasteiger partial charge on any atom is 0.488 e. The molecular formula is C22H27BNO4+. The minimum atomic E-state index is -1.51. The highest BCUT2D eigenvalue weighted by molar-refractivity contribution is 6.59. The lowest BCUT2D eigenvalue weighted by molar-refractivity contribution is -0.688. The molecule has 0 radical (unpaired) electrons. The van der Waals surface area contributed by atoms with E-state index in [-0.39, 0.29) is 11.6 Å². The molecule has 0 bridgehead atoms. The zero-order chi connectivity index (χ0) is 20.5.